The second-order valence-corrected chi connectivity index (χ2v) is 11.0. The number of rotatable bonds is 13. The Bertz CT molecular complexity index is 1160. The van der Waals surface area contributed by atoms with Crippen molar-refractivity contribution in [3.63, 3.8) is 0 Å². The molecule has 0 aliphatic heterocycles. The van der Waals surface area contributed by atoms with E-state index in [0.29, 0.717) is 40.3 Å². The molecule has 0 fully saturated rings. The summed E-state index contributed by atoms with van der Waals surface area (Å²) in [4.78, 5) is 28.8. The van der Waals surface area contributed by atoms with E-state index in [-0.39, 0.29) is 17.6 Å². The fraction of sp³-hybridized carbons (Fsp3) is 0.310. The van der Waals surface area contributed by atoms with Gasteiger partial charge < -0.3 is 10.2 Å². The molecule has 4 nitrogen and oxygen atoms in total. The third-order valence-corrected chi connectivity index (χ3v) is 7.82. The third kappa shape index (κ3) is 9.57. The number of hydrogen-bond acceptors (Lipinski definition) is 3. The zero-order valence-corrected chi connectivity index (χ0v) is 23.8. The van der Waals surface area contributed by atoms with Gasteiger partial charge in [0.2, 0.25) is 11.8 Å². The van der Waals surface area contributed by atoms with Crippen molar-refractivity contribution in [1.29, 1.82) is 0 Å². The van der Waals surface area contributed by atoms with Crippen LogP contribution in [0.4, 0.5) is 0 Å². The van der Waals surface area contributed by atoms with Crippen molar-refractivity contribution >= 4 is 58.4 Å². The molecule has 0 radical (unpaired) electrons. The molecule has 0 heterocycles. The Morgan fingerprint density at radius 1 is 0.892 bits per heavy atom. The number of carbonyl (C=O) groups excluding carboxylic acids is 2. The predicted octanol–water partition coefficient (Wildman–Crippen LogP) is 7.44. The van der Waals surface area contributed by atoms with Gasteiger partial charge in [-0.25, -0.2) is 0 Å². The number of nitrogens with one attached hydrogen (secondary N) is 1. The Balaban J connectivity index is 1.82. The van der Waals surface area contributed by atoms with Crippen LogP contribution in [0.25, 0.3) is 0 Å². The molecule has 196 valence electrons. The molecule has 3 aromatic rings. The van der Waals surface area contributed by atoms with E-state index in [9.17, 15) is 9.59 Å². The van der Waals surface area contributed by atoms with Gasteiger partial charge in [0.1, 0.15) is 6.04 Å². The SMILES string of the molecule is CCCCNC(=O)[C@H](Cc1ccccc1)N(Cc1ccc(Cl)cc1)C(=O)CSCc1ccc(Cl)c(Cl)c1. The lowest BCUT2D eigenvalue weighted by molar-refractivity contribution is -0.139. The maximum atomic E-state index is 13.6. The summed E-state index contributed by atoms with van der Waals surface area (Å²) in [5.41, 5.74) is 2.89. The highest BCUT2D eigenvalue weighted by Gasteiger charge is 2.30. The van der Waals surface area contributed by atoms with E-state index >= 15 is 0 Å². The van der Waals surface area contributed by atoms with Crippen molar-refractivity contribution in [2.24, 2.45) is 0 Å². The van der Waals surface area contributed by atoms with Gasteiger partial charge in [0.05, 0.1) is 15.8 Å². The van der Waals surface area contributed by atoms with Gasteiger partial charge >= 0.3 is 0 Å². The molecule has 3 aromatic carbocycles. The fourth-order valence-electron chi connectivity index (χ4n) is 3.82. The van der Waals surface area contributed by atoms with Gasteiger partial charge in [-0.3, -0.25) is 9.59 Å². The van der Waals surface area contributed by atoms with Crippen molar-refractivity contribution in [1.82, 2.24) is 10.2 Å². The first-order valence-electron chi connectivity index (χ1n) is 12.2. The smallest absolute Gasteiger partial charge is 0.243 e. The Labute approximate surface area is 238 Å². The molecule has 8 heteroatoms. The number of hydrogen-bond donors (Lipinski definition) is 1. The zero-order chi connectivity index (χ0) is 26.6. The van der Waals surface area contributed by atoms with Crippen molar-refractivity contribution in [2.45, 2.75) is 44.5 Å². The van der Waals surface area contributed by atoms with Crippen molar-refractivity contribution in [2.75, 3.05) is 12.3 Å². The lowest BCUT2D eigenvalue weighted by atomic mass is 10.0. The molecule has 0 saturated heterocycles. The summed E-state index contributed by atoms with van der Waals surface area (Å²) in [5.74, 6) is 0.575. The minimum atomic E-state index is -0.645. The van der Waals surface area contributed by atoms with Gasteiger partial charge in [-0.2, -0.15) is 0 Å². The monoisotopic (exact) mass is 576 g/mol. The number of nitrogens with zero attached hydrogens (tertiary/aromatic N) is 1. The standard InChI is InChI=1S/C29H31Cl3N2O2S/c1-2-3-15-33-29(36)27(17-21-7-5-4-6-8-21)34(18-22-9-12-24(30)13-10-22)28(35)20-37-19-23-11-14-25(31)26(32)16-23/h4-14,16,27H,2-3,15,17-20H2,1H3,(H,33,36)/t27-/m0/s1. The maximum absolute atomic E-state index is 13.6. The minimum Gasteiger partial charge on any atom is -0.354 e. The number of unbranched alkanes of at least 4 members (excludes halogenated alkanes) is 1. The quantitative estimate of drug-likeness (QED) is 0.215. The van der Waals surface area contributed by atoms with Gasteiger partial charge in [-0.1, -0.05) is 96.7 Å². The molecular formula is C29H31Cl3N2O2S. The molecule has 1 atom stereocenters. The van der Waals surface area contributed by atoms with Crippen LogP contribution in [0.5, 0.6) is 0 Å². The molecule has 0 aliphatic carbocycles. The van der Waals surface area contributed by atoms with E-state index in [4.69, 9.17) is 34.8 Å². The zero-order valence-electron chi connectivity index (χ0n) is 20.8. The number of thioether (sulfide) groups is 1. The lowest BCUT2D eigenvalue weighted by Gasteiger charge is -2.31. The Morgan fingerprint density at radius 2 is 1.59 bits per heavy atom. The topological polar surface area (TPSA) is 49.4 Å². The first kappa shape index (κ1) is 29.4. The molecule has 2 amide bonds. The van der Waals surface area contributed by atoms with Crippen molar-refractivity contribution in [3.05, 3.63) is 105 Å². The molecule has 0 bridgehead atoms. The van der Waals surface area contributed by atoms with Gasteiger partial charge in [-0.05, 0) is 47.4 Å². The van der Waals surface area contributed by atoms with E-state index in [1.54, 1.807) is 23.1 Å². The first-order valence-corrected chi connectivity index (χ1v) is 14.5. The summed E-state index contributed by atoms with van der Waals surface area (Å²) in [5, 5.41) is 4.65. The number of halogens is 3. The van der Waals surface area contributed by atoms with Gasteiger partial charge in [0.15, 0.2) is 0 Å². The van der Waals surface area contributed by atoms with E-state index < -0.39 is 6.04 Å². The summed E-state index contributed by atoms with van der Waals surface area (Å²) >= 11 is 19.7. The third-order valence-electron chi connectivity index (χ3n) is 5.85. The average Bonchev–Trinajstić information content (AvgIpc) is 2.90. The van der Waals surface area contributed by atoms with Crippen LogP contribution < -0.4 is 5.32 Å². The minimum absolute atomic E-state index is 0.105. The second-order valence-electron chi connectivity index (χ2n) is 8.74. The van der Waals surface area contributed by atoms with E-state index in [0.717, 1.165) is 29.5 Å². The van der Waals surface area contributed by atoms with Crippen molar-refractivity contribution in [3.8, 4) is 0 Å². The lowest BCUT2D eigenvalue weighted by Crippen LogP contribution is -2.51. The molecule has 0 spiro atoms. The highest BCUT2D eigenvalue weighted by molar-refractivity contribution is 7.99. The summed E-state index contributed by atoms with van der Waals surface area (Å²) in [6.45, 7) is 2.97. The predicted molar refractivity (Wildman–Crippen MR) is 156 cm³/mol. The van der Waals surface area contributed by atoms with Crippen LogP contribution in [-0.4, -0.2) is 35.1 Å². The summed E-state index contributed by atoms with van der Waals surface area (Å²) < 4.78 is 0. The number of amides is 2. The van der Waals surface area contributed by atoms with Crippen LogP contribution in [0, 0.1) is 0 Å². The van der Waals surface area contributed by atoms with E-state index in [1.807, 2.05) is 54.6 Å². The Hall–Kier alpha value is -2.18. The summed E-state index contributed by atoms with van der Waals surface area (Å²) in [6, 6.07) is 22.0. The van der Waals surface area contributed by atoms with Crippen LogP contribution in [0.1, 0.15) is 36.5 Å². The Morgan fingerprint density at radius 3 is 2.27 bits per heavy atom. The number of benzene rings is 3. The molecule has 37 heavy (non-hydrogen) atoms. The molecule has 0 aliphatic rings. The molecule has 3 rings (SSSR count). The van der Waals surface area contributed by atoms with Gasteiger partial charge in [0.25, 0.3) is 0 Å². The molecule has 0 saturated carbocycles. The first-order chi connectivity index (χ1) is 17.9. The maximum Gasteiger partial charge on any atom is 0.243 e. The highest BCUT2D eigenvalue weighted by Crippen LogP contribution is 2.25. The molecule has 0 aromatic heterocycles. The van der Waals surface area contributed by atoms with Gasteiger partial charge in [0, 0.05) is 30.3 Å². The van der Waals surface area contributed by atoms with Gasteiger partial charge in [-0.15, -0.1) is 11.8 Å². The van der Waals surface area contributed by atoms with Crippen LogP contribution in [0.15, 0.2) is 72.8 Å². The largest absolute Gasteiger partial charge is 0.354 e. The van der Waals surface area contributed by atoms with Crippen LogP contribution in [0.2, 0.25) is 15.1 Å². The average molecular weight is 578 g/mol. The highest BCUT2D eigenvalue weighted by atomic mass is 35.5. The normalized spacial score (nSPS) is 11.7. The summed E-state index contributed by atoms with van der Waals surface area (Å²) in [6.07, 6.45) is 2.28. The molecule has 0 unspecified atom stereocenters. The Kier molecular flexibility index (Phi) is 12.1. The fourth-order valence-corrected chi connectivity index (χ4v) is 5.12. The van der Waals surface area contributed by atoms with Crippen LogP contribution >= 0.6 is 46.6 Å². The number of carbonyl (C=O) groups is 2. The van der Waals surface area contributed by atoms with E-state index in [2.05, 4.69) is 12.2 Å². The summed E-state index contributed by atoms with van der Waals surface area (Å²) in [7, 11) is 0. The van der Waals surface area contributed by atoms with E-state index in [1.165, 1.54) is 11.8 Å². The molecular weight excluding hydrogens is 547 g/mol. The second kappa shape index (κ2) is 15.3. The molecule has 1 N–H and O–H groups in total. The van der Waals surface area contributed by atoms with Crippen molar-refractivity contribution < 1.29 is 9.59 Å². The van der Waals surface area contributed by atoms with Crippen LogP contribution in [0.3, 0.4) is 0 Å². The van der Waals surface area contributed by atoms with Crippen LogP contribution in [-0.2, 0) is 28.3 Å².